The van der Waals surface area contributed by atoms with E-state index in [9.17, 15) is 4.39 Å². The molecule has 0 amide bonds. The van der Waals surface area contributed by atoms with E-state index in [-0.39, 0.29) is 11.1 Å². The van der Waals surface area contributed by atoms with Gasteiger partial charge in [0, 0.05) is 6.20 Å². The van der Waals surface area contributed by atoms with Crippen molar-refractivity contribution < 1.29 is 9.13 Å². The first-order valence-corrected chi connectivity index (χ1v) is 7.00. The maximum Gasteiger partial charge on any atom is 0.145 e. The van der Waals surface area contributed by atoms with Gasteiger partial charge in [-0.3, -0.25) is 16.3 Å². The summed E-state index contributed by atoms with van der Waals surface area (Å²) in [4.78, 5) is 4.11. The summed E-state index contributed by atoms with van der Waals surface area (Å²) in [6, 6.07) is 6.46. The molecule has 1 unspecified atom stereocenters. The molecular weight excluding hydrogens is 293 g/mol. The van der Waals surface area contributed by atoms with E-state index < -0.39 is 5.82 Å². The van der Waals surface area contributed by atoms with E-state index >= 15 is 0 Å². The molecule has 1 aromatic carbocycles. The SMILES string of the molecule is CCOc1cncc(C(Cc2cccc(Cl)c2F)NN)c1. The number of hydrogen-bond donors (Lipinski definition) is 2. The third kappa shape index (κ3) is 3.91. The third-order valence-corrected chi connectivity index (χ3v) is 3.40. The molecule has 0 saturated carbocycles. The Balaban J connectivity index is 2.23. The minimum absolute atomic E-state index is 0.101. The molecule has 2 aromatic rings. The second-order valence-electron chi connectivity index (χ2n) is 4.52. The Morgan fingerprint density at radius 3 is 2.95 bits per heavy atom. The van der Waals surface area contributed by atoms with Crippen molar-refractivity contribution in [2.45, 2.75) is 19.4 Å². The summed E-state index contributed by atoms with van der Waals surface area (Å²) < 4.78 is 19.4. The Morgan fingerprint density at radius 1 is 1.43 bits per heavy atom. The molecule has 0 aliphatic heterocycles. The fourth-order valence-corrected chi connectivity index (χ4v) is 2.26. The Bertz CT molecular complexity index is 609. The highest BCUT2D eigenvalue weighted by atomic mass is 35.5. The van der Waals surface area contributed by atoms with Crippen LogP contribution in [0.25, 0.3) is 0 Å². The standard InChI is InChI=1S/C15H17ClFN3O/c1-2-21-12-6-11(8-19-9-12)14(20-18)7-10-4-3-5-13(16)15(10)17/h3-6,8-9,14,20H,2,7,18H2,1H3. The highest BCUT2D eigenvalue weighted by molar-refractivity contribution is 6.30. The molecule has 3 N–H and O–H groups in total. The number of halogens is 2. The second-order valence-corrected chi connectivity index (χ2v) is 4.93. The number of nitrogens with two attached hydrogens (primary N) is 1. The van der Waals surface area contributed by atoms with Gasteiger partial charge < -0.3 is 4.74 Å². The molecule has 1 heterocycles. The van der Waals surface area contributed by atoms with Crippen molar-refractivity contribution in [3.05, 3.63) is 58.6 Å². The van der Waals surface area contributed by atoms with E-state index in [2.05, 4.69) is 10.4 Å². The van der Waals surface area contributed by atoms with Crippen molar-refractivity contribution in [2.75, 3.05) is 6.61 Å². The number of nitrogens with one attached hydrogen (secondary N) is 1. The summed E-state index contributed by atoms with van der Waals surface area (Å²) >= 11 is 5.79. The normalized spacial score (nSPS) is 12.2. The number of nitrogens with zero attached hydrogens (tertiary/aromatic N) is 1. The van der Waals surface area contributed by atoms with Gasteiger partial charge in [-0.05, 0) is 36.6 Å². The van der Waals surface area contributed by atoms with Gasteiger partial charge in [0.15, 0.2) is 0 Å². The molecule has 1 atom stereocenters. The average Bonchev–Trinajstić information content (AvgIpc) is 2.49. The van der Waals surface area contributed by atoms with E-state index in [4.69, 9.17) is 22.2 Å². The Morgan fingerprint density at radius 2 is 2.24 bits per heavy atom. The molecular formula is C15H17ClFN3O. The molecule has 0 aliphatic carbocycles. The second kappa shape index (κ2) is 7.36. The van der Waals surface area contributed by atoms with Crippen LogP contribution >= 0.6 is 11.6 Å². The van der Waals surface area contributed by atoms with Crippen LogP contribution in [-0.2, 0) is 6.42 Å². The monoisotopic (exact) mass is 309 g/mol. The molecule has 6 heteroatoms. The lowest BCUT2D eigenvalue weighted by atomic mass is 10.0. The van der Waals surface area contributed by atoms with E-state index in [1.165, 1.54) is 6.07 Å². The minimum atomic E-state index is -0.423. The molecule has 112 valence electrons. The van der Waals surface area contributed by atoms with Gasteiger partial charge in [-0.15, -0.1) is 0 Å². The van der Waals surface area contributed by atoms with Crippen molar-refractivity contribution in [2.24, 2.45) is 5.84 Å². The molecule has 0 radical (unpaired) electrons. The van der Waals surface area contributed by atoms with E-state index in [0.717, 1.165) is 5.56 Å². The first kappa shape index (κ1) is 15.7. The molecule has 0 aliphatic rings. The number of rotatable bonds is 6. The molecule has 0 spiro atoms. The zero-order chi connectivity index (χ0) is 15.2. The van der Waals surface area contributed by atoms with Gasteiger partial charge >= 0.3 is 0 Å². The fourth-order valence-electron chi connectivity index (χ4n) is 2.07. The predicted molar refractivity (Wildman–Crippen MR) is 80.6 cm³/mol. The van der Waals surface area contributed by atoms with Crippen molar-refractivity contribution in [3.8, 4) is 5.75 Å². The topological polar surface area (TPSA) is 60.2 Å². The Labute approximate surface area is 128 Å². The van der Waals surface area contributed by atoms with Crippen LogP contribution in [0.15, 0.2) is 36.7 Å². The third-order valence-electron chi connectivity index (χ3n) is 3.10. The zero-order valence-electron chi connectivity index (χ0n) is 11.6. The molecule has 0 fully saturated rings. The lowest BCUT2D eigenvalue weighted by Crippen LogP contribution is -2.30. The lowest BCUT2D eigenvalue weighted by Gasteiger charge is -2.17. The maximum atomic E-state index is 14.0. The largest absolute Gasteiger partial charge is 0.492 e. The first-order valence-electron chi connectivity index (χ1n) is 6.62. The highest BCUT2D eigenvalue weighted by Crippen LogP contribution is 2.25. The number of hydrogen-bond acceptors (Lipinski definition) is 4. The summed E-state index contributed by atoms with van der Waals surface area (Å²) in [6.07, 6.45) is 3.66. The quantitative estimate of drug-likeness (QED) is 0.636. The van der Waals surface area contributed by atoms with Crippen molar-refractivity contribution >= 4 is 11.6 Å². The van der Waals surface area contributed by atoms with Gasteiger partial charge in [-0.2, -0.15) is 0 Å². The van der Waals surface area contributed by atoms with Crippen LogP contribution in [0, 0.1) is 5.82 Å². The van der Waals surface area contributed by atoms with Crippen LogP contribution in [0.1, 0.15) is 24.1 Å². The van der Waals surface area contributed by atoms with Crippen molar-refractivity contribution in [3.63, 3.8) is 0 Å². The summed E-state index contributed by atoms with van der Waals surface area (Å²) in [5, 5.41) is 0.101. The van der Waals surface area contributed by atoms with E-state index in [1.807, 2.05) is 13.0 Å². The fraction of sp³-hybridized carbons (Fsp3) is 0.267. The summed E-state index contributed by atoms with van der Waals surface area (Å²) in [5.74, 6) is 5.82. The number of aromatic nitrogens is 1. The van der Waals surface area contributed by atoms with Crippen LogP contribution in [0.3, 0.4) is 0 Å². The van der Waals surface area contributed by atoms with Crippen LogP contribution in [0.5, 0.6) is 5.75 Å². The smallest absolute Gasteiger partial charge is 0.145 e. The molecule has 1 aromatic heterocycles. The summed E-state index contributed by atoms with van der Waals surface area (Å²) in [5.41, 5.74) is 3.99. The number of ether oxygens (including phenoxy) is 1. The number of hydrazine groups is 1. The van der Waals surface area contributed by atoms with Crippen LogP contribution in [0.2, 0.25) is 5.02 Å². The number of pyridine rings is 1. The maximum absolute atomic E-state index is 14.0. The van der Waals surface area contributed by atoms with Gasteiger partial charge in [-0.1, -0.05) is 23.7 Å². The summed E-state index contributed by atoms with van der Waals surface area (Å²) in [6.45, 7) is 2.45. The van der Waals surface area contributed by atoms with Crippen molar-refractivity contribution in [1.82, 2.24) is 10.4 Å². The molecule has 0 bridgehead atoms. The lowest BCUT2D eigenvalue weighted by molar-refractivity contribution is 0.337. The van der Waals surface area contributed by atoms with Gasteiger partial charge in [-0.25, -0.2) is 4.39 Å². The van der Waals surface area contributed by atoms with Gasteiger partial charge in [0.25, 0.3) is 0 Å². The Kier molecular flexibility index (Phi) is 5.50. The van der Waals surface area contributed by atoms with E-state index in [0.29, 0.717) is 24.3 Å². The van der Waals surface area contributed by atoms with Gasteiger partial charge in [0.2, 0.25) is 0 Å². The predicted octanol–water partition coefficient (Wildman–Crippen LogP) is 3.02. The highest BCUT2D eigenvalue weighted by Gasteiger charge is 2.15. The summed E-state index contributed by atoms with van der Waals surface area (Å²) in [7, 11) is 0. The zero-order valence-corrected chi connectivity index (χ0v) is 12.4. The number of benzene rings is 1. The minimum Gasteiger partial charge on any atom is -0.492 e. The Hall–Kier alpha value is -1.69. The molecule has 21 heavy (non-hydrogen) atoms. The van der Waals surface area contributed by atoms with Crippen molar-refractivity contribution in [1.29, 1.82) is 0 Å². The van der Waals surface area contributed by atoms with E-state index in [1.54, 1.807) is 24.5 Å². The molecule has 0 saturated heterocycles. The van der Waals surface area contributed by atoms with Crippen LogP contribution < -0.4 is 16.0 Å². The molecule has 2 rings (SSSR count). The first-order chi connectivity index (χ1) is 10.2. The van der Waals surface area contributed by atoms with Crippen LogP contribution in [0.4, 0.5) is 4.39 Å². The average molecular weight is 310 g/mol. The molecule has 4 nitrogen and oxygen atoms in total. The van der Waals surface area contributed by atoms with Gasteiger partial charge in [0.05, 0.1) is 23.9 Å². The van der Waals surface area contributed by atoms with Gasteiger partial charge in [0.1, 0.15) is 11.6 Å². The van der Waals surface area contributed by atoms with Crippen LogP contribution in [-0.4, -0.2) is 11.6 Å².